The van der Waals surface area contributed by atoms with E-state index in [0.717, 1.165) is 0 Å². The smallest absolute Gasteiger partial charge is 0.295 e. The molecular formula is C19H18N2O4. The van der Waals surface area contributed by atoms with E-state index in [0.29, 0.717) is 11.1 Å². The topological polar surface area (TPSA) is 90.7 Å². The predicted molar refractivity (Wildman–Crippen MR) is 91.4 cm³/mol. The van der Waals surface area contributed by atoms with Crippen molar-refractivity contribution in [1.29, 1.82) is 0 Å². The maximum absolute atomic E-state index is 12.6. The van der Waals surface area contributed by atoms with Crippen LogP contribution in [0, 0.1) is 0 Å². The van der Waals surface area contributed by atoms with Crippen LogP contribution in [0.4, 0.5) is 0 Å². The Kier molecular flexibility index (Phi) is 4.63. The van der Waals surface area contributed by atoms with Crippen LogP contribution in [0.15, 0.2) is 60.4 Å². The second kappa shape index (κ2) is 6.86. The lowest BCUT2D eigenvalue weighted by atomic mass is 9.96. The fraction of sp³-hybridized carbons (Fsp3) is 0.211. The summed E-state index contributed by atoms with van der Waals surface area (Å²) >= 11 is 0. The molecule has 128 valence electrons. The van der Waals surface area contributed by atoms with E-state index in [4.69, 9.17) is 0 Å². The van der Waals surface area contributed by atoms with Crippen molar-refractivity contribution in [2.75, 3.05) is 6.54 Å². The lowest BCUT2D eigenvalue weighted by Crippen LogP contribution is -2.35. The van der Waals surface area contributed by atoms with Gasteiger partial charge in [0.25, 0.3) is 11.7 Å². The van der Waals surface area contributed by atoms with Crippen LogP contribution in [0.25, 0.3) is 5.76 Å². The van der Waals surface area contributed by atoms with Gasteiger partial charge in [-0.15, -0.1) is 0 Å². The van der Waals surface area contributed by atoms with Gasteiger partial charge in [0.05, 0.1) is 17.7 Å². The number of nitrogens with zero attached hydrogens (tertiary/aromatic N) is 2. The van der Waals surface area contributed by atoms with Gasteiger partial charge in [0.1, 0.15) is 5.76 Å². The molecule has 1 aliphatic rings. The molecule has 1 saturated heterocycles. The van der Waals surface area contributed by atoms with Crippen LogP contribution < -0.4 is 0 Å². The molecule has 1 aliphatic heterocycles. The van der Waals surface area contributed by atoms with E-state index in [1.54, 1.807) is 54.9 Å². The molecule has 0 unspecified atom stereocenters. The molecule has 1 amide bonds. The summed E-state index contributed by atoms with van der Waals surface area (Å²) in [5.74, 6) is -1.75. The number of rotatable bonds is 4. The number of pyridine rings is 1. The highest BCUT2D eigenvalue weighted by Gasteiger charge is 2.46. The molecular weight excluding hydrogens is 320 g/mol. The van der Waals surface area contributed by atoms with E-state index in [-0.39, 0.29) is 17.9 Å². The van der Waals surface area contributed by atoms with E-state index in [2.05, 4.69) is 4.98 Å². The van der Waals surface area contributed by atoms with Gasteiger partial charge in [0, 0.05) is 24.5 Å². The van der Waals surface area contributed by atoms with Gasteiger partial charge in [-0.2, -0.15) is 0 Å². The zero-order valence-corrected chi connectivity index (χ0v) is 13.7. The Bertz CT molecular complexity index is 816. The van der Waals surface area contributed by atoms with Crippen molar-refractivity contribution >= 4 is 17.4 Å². The fourth-order valence-corrected chi connectivity index (χ4v) is 2.99. The zero-order valence-electron chi connectivity index (χ0n) is 13.7. The summed E-state index contributed by atoms with van der Waals surface area (Å²) in [7, 11) is 0. The Labute approximate surface area is 145 Å². The third-order valence-corrected chi connectivity index (χ3v) is 4.05. The van der Waals surface area contributed by atoms with Crippen molar-refractivity contribution in [3.05, 3.63) is 71.6 Å². The Morgan fingerprint density at radius 3 is 2.52 bits per heavy atom. The molecule has 6 nitrogen and oxygen atoms in total. The molecule has 1 aromatic carbocycles. The van der Waals surface area contributed by atoms with E-state index in [1.807, 2.05) is 0 Å². The molecule has 25 heavy (non-hydrogen) atoms. The molecule has 2 N–H and O–H groups in total. The number of aliphatic hydroxyl groups is 2. The Morgan fingerprint density at radius 1 is 1.20 bits per heavy atom. The lowest BCUT2D eigenvalue weighted by molar-refractivity contribution is -0.140. The number of amides is 1. The first-order valence-electron chi connectivity index (χ1n) is 7.92. The van der Waals surface area contributed by atoms with Crippen LogP contribution in [0.2, 0.25) is 0 Å². The van der Waals surface area contributed by atoms with Gasteiger partial charge in [0.15, 0.2) is 0 Å². The molecule has 3 rings (SSSR count). The standard InChI is InChI=1S/C19H18N2O4/c1-12(22)11-21-16(14-8-5-9-20-10-14)15(18(24)19(21)25)17(23)13-6-3-2-4-7-13/h2-10,12,16,22-23H,11H2,1H3/t12-,16-/m1/s1. The second-order valence-corrected chi connectivity index (χ2v) is 5.95. The first-order valence-corrected chi connectivity index (χ1v) is 7.92. The minimum atomic E-state index is -0.811. The highest BCUT2D eigenvalue weighted by Crippen LogP contribution is 2.38. The van der Waals surface area contributed by atoms with Gasteiger partial charge in [-0.1, -0.05) is 36.4 Å². The summed E-state index contributed by atoms with van der Waals surface area (Å²) in [5, 5.41) is 20.4. The summed E-state index contributed by atoms with van der Waals surface area (Å²) in [4.78, 5) is 30.4. The van der Waals surface area contributed by atoms with Gasteiger partial charge in [-0.3, -0.25) is 14.6 Å². The van der Waals surface area contributed by atoms with E-state index < -0.39 is 23.8 Å². The molecule has 0 spiro atoms. The number of carbonyl (C=O) groups excluding carboxylic acids is 2. The van der Waals surface area contributed by atoms with Crippen molar-refractivity contribution in [2.24, 2.45) is 0 Å². The van der Waals surface area contributed by atoms with E-state index in [1.165, 1.54) is 11.8 Å². The number of benzene rings is 1. The van der Waals surface area contributed by atoms with Crippen LogP contribution in [0.1, 0.15) is 24.1 Å². The van der Waals surface area contributed by atoms with Gasteiger partial charge in [0.2, 0.25) is 0 Å². The molecule has 0 radical (unpaired) electrons. The molecule has 6 heteroatoms. The van der Waals surface area contributed by atoms with Gasteiger partial charge >= 0.3 is 0 Å². The van der Waals surface area contributed by atoms with Crippen molar-refractivity contribution < 1.29 is 19.8 Å². The summed E-state index contributed by atoms with van der Waals surface area (Å²) in [6, 6.07) is 11.2. The SMILES string of the molecule is C[C@@H](O)CN1C(=O)C(=O)C(=C(O)c2ccccc2)[C@H]1c1cccnc1. The number of carbonyl (C=O) groups is 2. The molecule has 2 aromatic rings. The molecule has 1 fully saturated rings. The predicted octanol–water partition coefficient (Wildman–Crippen LogP) is 1.88. The van der Waals surface area contributed by atoms with Crippen molar-refractivity contribution in [3.63, 3.8) is 0 Å². The van der Waals surface area contributed by atoms with Crippen molar-refractivity contribution in [2.45, 2.75) is 19.1 Å². The summed E-state index contributed by atoms with van der Waals surface area (Å²) < 4.78 is 0. The van der Waals surface area contributed by atoms with Crippen LogP contribution >= 0.6 is 0 Å². The maximum atomic E-state index is 12.6. The van der Waals surface area contributed by atoms with Gasteiger partial charge < -0.3 is 15.1 Å². The van der Waals surface area contributed by atoms with Crippen molar-refractivity contribution in [1.82, 2.24) is 9.88 Å². The number of Topliss-reactive ketones (excluding diaryl/α,β-unsaturated/α-hetero) is 1. The quantitative estimate of drug-likeness (QED) is 0.505. The van der Waals surface area contributed by atoms with Crippen LogP contribution in [0.5, 0.6) is 0 Å². The molecule has 0 aliphatic carbocycles. The highest BCUT2D eigenvalue weighted by atomic mass is 16.3. The summed E-state index contributed by atoms with van der Waals surface area (Å²) in [5.41, 5.74) is 1.05. The third kappa shape index (κ3) is 3.16. The van der Waals surface area contributed by atoms with E-state index in [9.17, 15) is 19.8 Å². The molecule has 0 bridgehead atoms. The second-order valence-electron chi connectivity index (χ2n) is 5.95. The van der Waals surface area contributed by atoms with Gasteiger partial charge in [-0.05, 0) is 18.6 Å². The van der Waals surface area contributed by atoms with Crippen LogP contribution in [-0.4, -0.2) is 44.4 Å². The van der Waals surface area contributed by atoms with Crippen LogP contribution in [0.3, 0.4) is 0 Å². The van der Waals surface area contributed by atoms with E-state index >= 15 is 0 Å². The molecule has 2 heterocycles. The minimum Gasteiger partial charge on any atom is -0.507 e. The average Bonchev–Trinajstić information content (AvgIpc) is 2.87. The number of aromatic nitrogens is 1. The number of hydrogen-bond donors (Lipinski definition) is 2. The van der Waals surface area contributed by atoms with Crippen molar-refractivity contribution in [3.8, 4) is 0 Å². The molecule has 0 saturated carbocycles. The molecule has 2 atom stereocenters. The number of aliphatic hydroxyl groups excluding tert-OH is 2. The fourth-order valence-electron chi connectivity index (χ4n) is 2.99. The Balaban J connectivity index is 2.18. The molecule has 1 aromatic heterocycles. The first kappa shape index (κ1) is 16.9. The number of β-amino-alcohol motifs (C(OH)–C–C–N with tert-alkyl or cyclic N) is 1. The lowest BCUT2D eigenvalue weighted by Gasteiger charge is -2.26. The highest BCUT2D eigenvalue weighted by molar-refractivity contribution is 6.46. The minimum absolute atomic E-state index is 0.00449. The monoisotopic (exact) mass is 338 g/mol. The average molecular weight is 338 g/mol. The number of hydrogen-bond acceptors (Lipinski definition) is 5. The third-order valence-electron chi connectivity index (χ3n) is 4.05. The Morgan fingerprint density at radius 2 is 1.92 bits per heavy atom. The number of ketones is 1. The normalized spacial score (nSPS) is 20.7. The number of likely N-dealkylation sites (tertiary alicyclic amines) is 1. The summed E-state index contributed by atoms with van der Waals surface area (Å²) in [6.07, 6.45) is 2.32. The van der Waals surface area contributed by atoms with Gasteiger partial charge in [-0.25, -0.2) is 0 Å². The van der Waals surface area contributed by atoms with Crippen LogP contribution in [-0.2, 0) is 9.59 Å². The largest absolute Gasteiger partial charge is 0.507 e. The summed E-state index contributed by atoms with van der Waals surface area (Å²) in [6.45, 7) is 1.52. The first-order chi connectivity index (χ1) is 12.0. The maximum Gasteiger partial charge on any atom is 0.295 e. The Hall–Kier alpha value is -2.99. The zero-order chi connectivity index (χ0) is 18.0.